The fourth-order valence-electron chi connectivity index (χ4n) is 3.03. The molecule has 1 heterocycles. The van der Waals surface area contributed by atoms with Crippen LogP contribution in [0.5, 0.6) is 0 Å². The van der Waals surface area contributed by atoms with Gasteiger partial charge in [0, 0.05) is 12.2 Å². The normalized spacial score (nSPS) is 18.9. The van der Waals surface area contributed by atoms with E-state index in [-0.39, 0.29) is 23.2 Å². The number of aromatic amines is 1. The quantitative estimate of drug-likeness (QED) is 0.881. The molecular weight excluding hydrogens is 278 g/mol. The van der Waals surface area contributed by atoms with Crippen molar-refractivity contribution in [1.82, 2.24) is 15.3 Å². The van der Waals surface area contributed by atoms with Gasteiger partial charge in [-0.1, -0.05) is 57.8 Å². The summed E-state index contributed by atoms with van der Waals surface area (Å²) in [5.41, 5.74) is -0.00623. The van der Waals surface area contributed by atoms with E-state index in [4.69, 9.17) is 0 Å². The van der Waals surface area contributed by atoms with Crippen LogP contribution in [0.1, 0.15) is 81.1 Å². The second-order valence-corrected chi connectivity index (χ2v) is 6.23. The van der Waals surface area contributed by atoms with Crippen molar-refractivity contribution in [2.75, 3.05) is 0 Å². The molecular formula is C17H27N3O2. The van der Waals surface area contributed by atoms with E-state index in [9.17, 15) is 9.59 Å². The van der Waals surface area contributed by atoms with Crippen molar-refractivity contribution in [2.24, 2.45) is 0 Å². The van der Waals surface area contributed by atoms with Crippen molar-refractivity contribution in [1.29, 1.82) is 0 Å². The Morgan fingerprint density at radius 3 is 2.05 bits per heavy atom. The number of hydrogen-bond acceptors (Lipinski definition) is 3. The SMILES string of the molecule is O=C(NC1CCCCCCCCCCC1)c1c[nH]c(=O)cn1. The summed E-state index contributed by atoms with van der Waals surface area (Å²) in [5.74, 6) is -0.187. The summed E-state index contributed by atoms with van der Waals surface area (Å²) >= 11 is 0. The molecule has 1 aliphatic carbocycles. The van der Waals surface area contributed by atoms with Gasteiger partial charge in [-0.15, -0.1) is 0 Å². The number of amides is 1. The number of hydrogen-bond donors (Lipinski definition) is 2. The second-order valence-electron chi connectivity index (χ2n) is 6.23. The van der Waals surface area contributed by atoms with Crippen molar-refractivity contribution >= 4 is 5.91 Å². The number of rotatable bonds is 2. The average Bonchev–Trinajstić information content (AvgIpc) is 2.50. The van der Waals surface area contributed by atoms with E-state index in [2.05, 4.69) is 15.3 Å². The number of carbonyl (C=O) groups excluding carboxylic acids is 1. The van der Waals surface area contributed by atoms with Gasteiger partial charge in [-0.2, -0.15) is 0 Å². The molecule has 2 N–H and O–H groups in total. The maximum atomic E-state index is 12.2. The van der Waals surface area contributed by atoms with Crippen molar-refractivity contribution in [2.45, 2.75) is 76.7 Å². The minimum Gasteiger partial charge on any atom is -0.348 e. The molecule has 1 fully saturated rings. The highest BCUT2D eigenvalue weighted by Gasteiger charge is 2.15. The number of aromatic nitrogens is 2. The largest absolute Gasteiger partial charge is 0.348 e. The van der Waals surface area contributed by atoms with E-state index >= 15 is 0 Å². The number of carbonyl (C=O) groups is 1. The van der Waals surface area contributed by atoms with Gasteiger partial charge in [0.15, 0.2) is 0 Å². The lowest BCUT2D eigenvalue weighted by molar-refractivity contribution is 0.0926. The zero-order valence-electron chi connectivity index (χ0n) is 13.3. The maximum absolute atomic E-state index is 12.2. The maximum Gasteiger partial charge on any atom is 0.271 e. The van der Waals surface area contributed by atoms with Gasteiger partial charge in [0.25, 0.3) is 11.5 Å². The van der Waals surface area contributed by atoms with E-state index in [1.54, 1.807) is 0 Å². The van der Waals surface area contributed by atoms with Crippen LogP contribution in [0.4, 0.5) is 0 Å². The molecule has 1 saturated carbocycles. The van der Waals surface area contributed by atoms with Crippen LogP contribution in [-0.2, 0) is 0 Å². The first-order valence-electron chi connectivity index (χ1n) is 8.61. The number of H-pyrrole nitrogens is 1. The highest BCUT2D eigenvalue weighted by Crippen LogP contribution is 2.17. The standard InChI is InChI=1S/C17H27N3O2/c21-16-13-18-15(12-19-16)17(22)20-14-10-8-6-4-2-1-3-5-7-9-11-14/h12-14H,1-11H2,(H,19,21)(H,20,22). The van der Waals surface area contributed by atoms with Crippen LogP contribution in [-0.4, -0.2) is 21.9 Å². The Hall–Kier alpha value is -1.65. The molecule has 122 valence electrons. The monoisotopic (exact) mass is 305 g/mol. The van der Waals surface area contributed by atoms with Crippen LogP contribution < -0.4 is 10.9 Å². The molecule has 1 aromatic heterocycles. The molecule has 0 saturated heterocycles. The summed E-state index contributed by atoms with van der Waals surface area (Å²) < 4.78 is 0. The summed E-state index contributed by atoms with van der Waals surface area (Å²) in [5, 5.41) is 3.08. The molecule has 0 bridgehead atoms. The minimum atomic E-state index is -0.289. The fourth-order valence-corrected chi connectivity index (χ4v) is 3.03. The summed E-state index contributed by atoms with van der Waals surface area (Å²) in [6.07, 6.45) is 16.1. The lowest BCUT2D eigenvalue weighted by Crippen LogP contribution is -2.35. The van der Waals surface area contributed by atoms with Crippen LogP contribution in [0.15, 0.2) is 17.2 Å². The predicted molar refractivity (Wildman–Crippen MR) is 86.9 cm³/mol. The Balaban J connectivity index is 1.87. The molecule has 0 radical (unpaired) electrons. The van der Waals surface area contributed by atoms with Gasteiger partial charge in [0.1, 0.15) is 5.69 Å². The molecule has 2 rings (SSSR count). The third-order valence-electron chi connectivity index (χ3n) is 4.35. The van der Waals surface area contributed by atoms with Gasteiger partial charge < -0.3 is 10.3 Å². The molecule has 0 aliphatic heterocycles. The van der Waals surface area contributed by atoms with Crippen LogP contribution >= 0.6 is 0 Å². The molecule has 1 aromatic rings. The Morgan fingerprint density at radius 1 is 1.00 bits per heavy atom. The van der Waals surface area contributed by atoms with Gasteiger partial charge in [-0.25, -0.2) is 4.98 Å². The molecule has 1 amide bonds. The Bertz CT molecular complexity index is 480. The van der Waals surface area contributed by atoms with Crippen LogP contribution in [0.3, 0.4) is 0 Å². The predicted octanol–water partition coefficient (Wildman–Crippen LogP) is 3.17. The summed E-state index contributed by atoms with van der Waals surface area (Å²) in [4.78, 5) is 29.6. The molecule has 0 spiro atoms. The third-order valence-corrected chi connectivity index (χ3v) is 4.35. The minimum absolute atomic E-state index is 0.187. The molecule has 1 aliphatic rings. The lowest BCUT2D eigenvalue weighted by Gasteiger charge is -2.19. The van der Waals surface area contributed by atoms with Gasteiger partial charge in [-0.3, -0.25) is 9.59 Å². The Morgan fingerprint density at radius 2 is 1.55 bits per heavy atom. The van der Waals surface area contributed by atoms with E-state index in [0.29, 0.717) is 0 Å². The smallest absolute Gasteiger partial charge is 0.271 e. The van der Waals surface area contributed by atoms with Crippen molar-refractivity contribution < 1.29 is 4.79 Å². The van der Waals surface area contributed by atoms with E-state index in [1.807, 2.05) is 0 Å². The van der Waals surface area contributed by atoms with Crippen molar-refractivity contribution in [3.8, 4) is 0 Å². The molecule has 5 nitrogen and oxygen atoms in total. The Kier molecular flexibility index (Phi) is 7.13. The fraction of sp³-hybridized carbons (Fsp3) is 0.706. The highest BCUT2D eigenvalue weighted by molar-refractivity contribution is 5.92. The number of nitrogens with one attached hydrogen (secondary N) is 2. The number of nitrogens with zero attached hydrogens (tertiary/aromatic N) is 1. The molecule has 5 heteroatoms. The van der Waals surface area contributed by atoms with Gasteiger partial charge in [0.2, 0.25) is 0 Å². The van der Waals surface area contributed by atoms with Crippen LogP contribution in [0, 0.1) is 0 Å². The summed E-state index contributed by atoms with van der Waals surface area (Å²) in [6, 6.07) is 0.223. The first kappa shape index (κ1) is 16.7. The first-order chi connectivity index (χ1) is 10.8. The molecule has 22 heavy (non-hydrogen) atoms. The highest BCUT2D eigenvalue weighted by atomic mass is 16.2. The zero-order valence-corrected chi connectivity index (χ0v) is 13.3. The van der Waals surface area contributed by atoms with Crippen LogP contribution in [0.25, 0.3) is 0 Å². The summed E-state index contributed by atoms with van der Waals surface area (Å²) in [7, 11) is 0. The van der Waals surface area contributed by atoms with E-state index < -0.39 is 0 Å². The van der Waals surface area contributed by atoms with E-state index in [0.717, 1.165) is 19.0 Å². The van der Waals surface area contributed by atoms with Gasteiger partial charge >= 0.3 is 0 Å². The van der Waals surface area contributed by atoms with Crippen LogP contribution in [0.2, 0.25) is 0 Å². The lowest BCUT2D eigenvalue weighted by atomic mass is 9.98. The Labute approximate surface area is 131 Å². The molecule has 0 atom stereocenters. The second kappa shape index (κ2) is 9.38. The van der Waals surface area contributed by atoms with E-state index in [1.165, 1.54) is 64.0 Å². The topological polar surface area (TPSA) is 74.8 Å². The summed E-state index contributed by atoms with van der Waals surface area (Å²) in [6.45, 7) is 0. The zero-order chi connectivity index (χ0) is 15.6. The van der Waals surface area contributed by atoms with Gasteiger partial charge in [0.05, 0.1) is 6.20 Å². The van der Waals surface area contributed by atoms with Crippen molar-refractivity contribution in [3.63, 3.8) is 0 Å². The van der Waals surface area contributed by atoms with Gasteiger partial charge in [-0.05, 0) is 12.8 Å². The average molecular weight is 305 g/mol. The first-order valence-corrected chi connectivity index (χ1v) is 8.61. The van der Waals surface area contributed by atoms with Crippen molar-refractivity contribution in [3.05, 3.63) is 28.4 Å². The molecule has 0 aromatic carbocycles. The third kappa shape index (κ3) is 6.00. The molecule has 0 unspecified atom stereocenters.